The van der Waals surface area contributed by atoms with Gasteiger partial charge in [0.1, 0.15) is 17.3 Å². The number of aryl methyl sites for hydroxylation is 2. The van der Waals surface area contributed by atoms with Crippen LogP contribution in [0.3, 0.4) is 0 Å². The van der Waals surface area contributed by atoms with Crippen molar-refractivity contribution in [3.8, 4) is 5.75 Å². The van der Waals surface area contributed by atoms with Gasteiger partial charge in [-0.3, -0.25) is 9.59 Å². The first-order valence-corrected chi connectivity index (χ1v) is 10.7. The van der Waals surface area contributed by atoms with E-state index in [1.165, 1.54) is 24.3 Å². The average Bonchev–Trinajstić information content (AvgIpc) is 3.01. The highest BCUT2D eigenvalue weighted by Crippen LogP contribution is 2.35. The van der Waals surface area contributed by atoms with E-state index in [-0.39, 0.29) is 17.4 Å². The van der Waals surface area contributed by atoms with Crippen LogP contribution < -0.4 is 15.0 Å². The fourth-order valence-corrected chi connectivity index (χ4v) is 3.72. The van der Waals surface area contributed by atoms with Gasteiger partial charge < -0.3 is 10.1 Å². The molecule has 0 saturated carbocycles. The van der Waals surface area contributed by atoms with E-state index in [0.29, 0.717) is 17.0 Å². The lowest BCUT2D eigenvalue weighted by Crippen LogP contribution is -2.32. The third-order valence-corrected chi connectivity index (χ3v) is 5.34. The molecule has 0 fully saturated rings. The van der Waals surface area contributed by atoms with E-state index in [0.717, 1.165) is 21.7 Å². The Morgan fingerprint density at radius 2 is 1.55 bits per heavy atom. The molecule has 0 aromatic heterocycles. The fourth-order valence-electron chi connectivity index (χ4n) is 3.72. The van der Waals surface area contributed by atoms with Gasteiger partial charge in [-0.1, -0.05) is 24.3 Å². The number of carbonyl (C=O) groups excluding carboxylic acids is 2. The number of anilines is 2. The monoisotopic (exact) mass is 444 g/mol. The number of nitrogens with zero attached hydrogens (tertiary/aromatic N) is 1. The minimum atomic E-state index is -0.495. The van der Waals surface area contributed by atoms with Gasteiger partial charge >= 0.3 is 0 Å². The maximum Gasteiger partial charge on any atom is 0.282 e. The van der Waals surface area contributed by atoms with Crippen molar-refractivity contribution < 1.29 is 18.7 Å². The summed E-state index contributed by atoms with van der Waals surface area (Å²) in [4.78, 5) is 28.0. The first-order valence-electron chi connectivity index (χ1n) is 10.7. The number of hydrogen-bond donors (Lipinski definition) is 1. The molecule has 3 aromatic rings. The van der Waals surface area contributed by atoms with Gasteiger partial charge in [-0.05, 0) is 86.8 Å². The summed E-state index contributed by atoms with van der Waals surface area (Å²) in [6, 6.07) is 18.2. The van der Waals surface area contributed by atoms with Gasteiger partial charge in [-0.2, -0.15) is 0 Å². The van der Waals surface area contributed by atoms with Crippen LogP contribution in [0.25, 0.3) is 5.57 Å². The number of imide groups is 1. The van der Waals surface area contributed by atoms with E-state index in [9.17, 15) is 14.0 Å². The highest BCUT2D eigenvalue weighted by atomic mass is 19.1. The Kier molecular flexibility index (Phi) is 6.01. The number of benzene rings is 3. The lowest BCUT2D eigenvalue weighted by molar-refractivity contribution is -0.120. The molecule has 0 saturated heterocycles. The number of halogens is 1. The van der Waals surface area contributed by atoms with Crippen molar-refractivity contribution in [3.05, 3.63) is 94.9 Å². The van der Waals surface area contributed by atoms with Crippen LogP contribution in [0, 0.1) is 19.7 Å². The molecule has 0 spiro atoms. The number of amides is 2. The number of hydrogen-bond acceptors (Lipinski definition) is 4. The van der Waals surface area contributed by atoms with E-state index in [1.807, 2.05) is 45.9 Å². The van der Waals surface area contributed by atoms with Crippen molar-refractivity contribution in [3.63, 3.8) is 0 Å². The molecular weight excluding hydrogens is 419 g/mol. The summed E-state index contributed by atoms with van der Waals surface area (Å²) >= 11 is 0. The lowest BCUT2D eigenvalue weighted by Gasteiger charge is -2.16. The second kappa shape index (κ2) is 8.90. The first kappa shape index (κ1) is 22.3. The SMILES string of the molecule is Cc1ccc(C)c(NC2=C(c3ccc(OC(C)C)cc3)C(=O)N(c3ccc(F)cc3)C2=O)c1. The highest BCUT2D eigenvalue weighted by molar-refractivity contribution is 6.46. The van der Waals surface area contributed by atoms with Crippen molar-refractivity contribution in [2.45, 2.75) is 33.8 Å². The summed E-state index contributed by atoms with van der Waals surface area (Å²) in [5.41, 5.74) is 4.02. The fraction of sp³-hybridized carbons (Fsp3) is 0.185. The van der Waals surface area contributed by atoms with Crippen LogP contribution in [-0.2, 0) is 9.59 Å². The zero-order chi connectivity index (χ0) is 23.7. The number of carbonyl (C=O) groups is 2. The molecule has 0 radical (unpaired) electrons. The number of nitrogens with one attached hydrogen (secondary N) is 1. The molecule has 5 nitrogen and oxygen atoms in total. The quantitative estimate of drug-likeness (QED) is 0.501. The Hall–Kier alpha value is -3.93. The number of ether oxygens (including phenoxy) is 1. The molecular formula is C27H25FN2O3. The van der Waals surface area contributed by atoms with Crippen LogP contribution in [0.2, 0.25) is 0 Å². The Balaban J connectivity index is 1.80. The molecule has 1 N–H and O–H groups in total. The third-order valence-electron chi connectivity index (χ3n) is 5.34. The summed E-state index contributed by atoms with van der Waals surface area (Å²) < 4.78 is 19.2. The van der Waals surface area contributed by atoms with Crippen molar-refractivity contribution in [1.82, 2.24) is 0 Å². The first-order chi connectivity index (χ1) is 15.7. The Labute approximate surface area is 192 Å². The van der Waals surface area contributed by atoms with E-state index in [2.05, 4.69) is 5.32 Å². The smallest absolute Gasteiger partial charge is 0.282 e. The maximum absolute atomic E-state index is 13.5. The van der Waals surface area contributed by atoms with Gasteiger partial charge in [0.2, 0.25) is 0 Å². The largest absolute Gasteiger partial charge is 0.491 e. The van der Waals surface area contributed by atoms with Gasteiger partial charge in [0.25, 0.3) is 11.8 Å². The molecule has 4 rings (SSSR count). The molecule has 0 unspecified atom stereocenters. The molecule has 1 heterocycles. The third kappa shape index (κ3) is 4.51. The Bertz CT molecular complexity index is 1250. The van der Waals surface area contributed by atoms with Crippen LogP contribution in [0.5, 0.6) is 5.75 Å². The summed E-state index contributed by atoms with van der Waals surface area (Å²) in [6.07, 6.45) is 0.0141. The van der Waals surface area contributed by atoms with Crippen molar-refractivity contribution in [2.24, 2.45) is 0 Å². The molecule has 33 heavy (non-hydrogen) atoms. The zero-order valence-corrected chi connectivity index (χ0v) is 19.0. The Morgan fingerprint density at radius 1 is 0.879 bits per heavy atom. The van der Waals surface area contributed by atoms with E-state index >= 15 is 0 Å². The predicted molar refractivity (Wildman–Crippen MR) is 128 cm³/mol. The maximum atomic E-state index is 13.5. The van der Waals surface area contributed by atoms with Crippen molar-refractivity contribution in [1.29, 1.82) is 0 Å². The van der Waals surface area contributed by atoms with Crippen molar-refractivity contribution >= 4 is 28.8 Å². The van der Waals surface area contributed by atoms with E-state index < -0.39 is 17.6 Å². The van der Waals surface area contributed by atoms with Crippen LogP contribution in [0.1, 0.15) is 30.5 Å². The van der Waals surface area contributed by atoms with Gasteiger partial charge in [-0.15, -0.1) is 0 Å². The van der Waals surface area contributed by atoms with Gasteiger partial charge in [0, 0.05) is 5.69 Å². The minimum absolute atomic E-state index is 0.0141. The molecule has 2 amide bonds. The molecule has 168 valence electrons. The second-order valence-electron chi connectivity index (χ2n) is 8.31. The van der Waals surface area contributed by atoms with Gasteiger partial charge in [0.15, 0.2) is 0 Å². The molecule has 1 aliphatic heterocycles. The van der Waals surface area contributed by atoms with Gasteiger partial charge in [-0.25, -0.2) is 9.29 Å². The molecule has 1 aliphatic rings. The average molecular weight is 445 g/mol. The summed E-state index contributed by atoms with van der Waals surface area (Å²) in [6.45, 7) is 7.75. The second-order valence-corrected chi connectivity index (χ2v) is 8.31. The lowest BCUT2D eigenvalue weighted by atomic mass is 10.0. The molecule has 0 bridgehead atoms. The molecule has 0 atom stereocenters. The summed E-state index contributed by atoms with van der Waals surface area (Å²) in [5.74, 6) is -0.743. The number of rotatable bonds is 6. The summed E-state index contributed by atoms with van der Waals surface area (Å²) in [5, 5.41) is 3.20. The predicted octanol–water partition coefficient (Wildman–Crippen LogP) is 5.63. The summed E-state index contributed by atoms with van der Waals surface area (Å²) in [7, 11) is 0. The van der Waals surface area contributed by atoms with E-state index in [4.69, 9.17) is 4.74 Å². The van der Waals surface area contributed by atoms with Crippen LogP contribution >= 0.6 is 0 Å². The van der Waals surface area contributed by atoms with Crippen LogP contribution in [0.4, 0.5) is 15.8 Å². The van der Waals surface area contributed by atoms with E-state index in [1.54, 1.807) is 24.3 Å². The van der Waals surface area contributed by atoms with Gasteiger partial charge in [0.05, 0.1) is 17.4 Å². The molecule has 0 aliphatic carbocycles. The topological polar surface area (TPSA) is 58.6 Å². The standard InChI is InChI=1S/C27H25FN2O3/c1-16(2)33-22-13-7-19(8-14-22)24-25(29-23-15-17(3)5-6-18(23)4)27(32)30(26(24)31)21-11-9-20(28)10-12-21/h5-16,29H,1-4H3. The normalized spacial score (nSPS) is 13.8. The van der Waals surface area contributed by atoms with Crippen LogP contribution in [0.15, 0.2) is 72.4 Å². The van der Waals surface area contributed by atoms with Crippen LogP contribution in [-0.4, -0.2) is 17.9 Å². The van der Waals surface area contributed by atoms with Crippen molar-refractivity contribution in [2.75, 3.05) is 10.2 Å². The molecule has 6 heteroatoms. The zero-order valence-electron chi connectivity index (χ0n) is 19.0. The Morgan fingerprint density at radius 3 is 2.18 bits per heavy atom. The molecule has 3 aromatic carbocycles. The highest BCUT2D eigenvalue weighted by Gasteiger charge is 2.40. The minimum Gasteiger partial charge on any atom is -0.491 e.